The van der Waals surface area contributed by atoms with Gasteiger partial charge in [0.1, 0.15) is 12.0 Å². The summed E-state index contributed by atoms with van der Waals surface area (Å²) in [4.78, 5) is 16.3. The third kappa shape index (κ3) is 3.37. The van der Waals surface area contributed by atoms with Crippen molar-refractivity contribution in [3.05, 3.63) is 27.9 Å². The molecule has 0 radical (unpaired) electrons. The van der Waals surface area contributed by atoms with Crippen LogP contribution in [0.3, 0.4) is 0 Å². The van der Waals surface area contributed by atoms with Crippen molar-refractivity contribution in [2.24, 2.45) is 10.9 Å². The Bertz CT molecular complexity index is 563. The van der Waals surface area contributed by atoms with Crippen molar-refractivity contribution in [3.63, 3.8) is 0 Å². The van der Waals surface area contributed by atoms with E-state index in [1.807, 2.05) is 11.8 Å². The first-order chi connectivity index (χ1) is 10.0. The summed E-state index contributed by atoms with van der Waals surface area (Å²) >= 11 is 0. The fourth-order valence-corrected chi connectivity index (χ4v) is 2.23. The molecule has 1 aliphatic rings. The van der Waals surface area contributed by atoms with E-state index in [0.717, 1.165) is 6.42 Å². The minimum absolute atomic E-state index is 0.00429. The van der Waals surface area contributed by atoms with Crippen LogP contribution in [0.4, 0.5) is 11.5 Å². The first kappa shape index (κ1) is 15.0. The number of oxime groups is 1. The highest BCUT2D eigenvalue weighted by atomic mass is 16.6. The van der Waals surface area contributed by atoms with Crippen LogP contribution in [0.1, 0.15) is 18.9 Å². The van der Waals surface area contributed by atoms with Gasteiger partial charge in [-0.25, -0.2) is 4.98 Å². The largest absolute Gasteiger partial charge is 0.409 e. The Hall–Kier alpha value is -2.42. The normalized spacial score (nSPS) is 20.1. The van der Waals surface area contributed by atoms with Gasteiger partial charge in [-0.2, -0.15) is 0 Å². The third-order valence-electron chi connectivity index (χ3n) is 3.20. The molecule has 9 heteroatoms. The monoisotopic (exact) mass is 295 g/mol. The average molecular weight is 295 g/mol. The molecule has 3 N–H and O–H groups in total. The molecule has 21 heavy (non-hydrogen) atoms. The van der Waals surface area contributed by atoms with Gasteiger partial charge in [-0.1, -0.05) is 5.16 Å². The second kappa shape index (κ2) is 6.35. The molecule has 1 saturated heterocycles. The Morgan fingerprint density at radius 2 is 2.48 bits per heavy atom. The van der Waals surface area contributed by atoms with Crippen LogP contribution in [0.5, 0.6) is 0 Å². The van der Waals surface area contributed by atoms with Crippen LogP contribution in [0.15, 0.2) is 17.4 Å². The van der Waals surface area contributed by atoms with Crippen molar-refractivity contribution in [3.8, 4) is 0 Å². The molecule has 2 heterocycles. The number of aromatic nitrogens is 1. The zero-order valence-corrected chi connectivity index (χ0v) is 11.6. The van der Waals surface area contributed by atoms with E-state index in [0.29, 0.717) is 25.5 Å². The third-order valence-corrected chi connectivity index (χ3v) is 3.20. The van der Waals surface area contributed by atoms with Crippen molar-refractivity contribution < 1.29 is 14.9 Å². The van der Waals surface area contributed by atoms with Gasteiger partial charge < -0.3 is 20.6 Å². The lowest BCUT2D eigenvalue weighted by molar-refractivity contribution is -0.385. The summed E-state index contributed by atoms with van der Waals surface area (Å²) < 4.78 is 5.55. The Morgan fingerprint density at radius 3 is 3.14 bits per heavy atom. The highest BCUT2D eigenvalue weighted by Crippen LogP contribution is 2.24. The van der Waals surface area contributed by atoms with Gasteiger partial charge in [0.2, 0.25) is 0 Å². The van der Waals surface area contributed by atoms with Gasteiger partial charge in [0, 0.05) is 25.8 Å². The van der Waals surface area contributed by atoms with E-state index < -0.39 is 4.92 Å². The van der Waals surface area contributed by atoms with Gasteiger partial charge in [0.05, 0.1) is 16.6 Å². The molecule has 1 aromatic heterocycles. The number of pyridine rings is 1. The second-order valence-corrected chi connectivity index (χ2v) is 4.79. The summed E-state index contributed by atoms with van der Waals surface area (Å²) in [6, 6.07) is 1.26. The average Bonchev–Trinajstić information content (AvgIpc) is 2.70. The van der Waals surface area contributed by atoms with E-state index in [9.17, 15) is 10.1 Å². The molecule has 0 saturated carbocycles. The van der Waals surface area contributed by atoms with E-state index in [-0.39, 0.29) is 23.2 Å². The maximum Gasteiger partial charge on any atom is 0.288 e. The molecule has 9 nitrogen and oxygen atoms in total. The molecule has 114 valence electrons. The lowest BCUT2D eigenvalue weighted by Crippen LogP contribution is -2.33. The second-order valence-electron chi connectivity index (χ2n) is 4.79. The Morgan fingerprint density at radius 1 is 1.71 bits per heavy atom. The predicted molar refractivity (Wildman–Crippen MR) is 75.6 cm³/mol. The SMILES string of the molecule is CC1CN(c2ncc([N+](=O)[O-])cc2C(N)=NO)CCCO1. The lowest BCUT2D eigenvalue weighted by atomic mass is 10.2. The minimum Gasteiger partial charge on any atom is -0.409 e. The molecule has 1 aliphatic heterocycles. The van der Waals surface area contributed by atoms with E-state index >= 15 is 0 Å². The molecule has 1 unspecified atom stereocenters. The highest BCUT2D eigenvalue weighted by molar-refractivity contribution is 6.01. The lowest BCUT2D eigenvalue weighted by Gasteiger charge is -2.24. The summed E-state index contributed by atoms with van der Waals surface area (Å²) in [5.41, 5.74) is 5.65. The Labute approximate surface area is 121 Å². The first-order valence-electron chi connectivity index (χ1n) is 6.51. The Kier molecular flexibility index (Phi) is 4.53. The molecule has 2 rings (SSSR count). The summed E-state index contributed by atoms with van der Waals surface area (Å²) in [6.07, 6.45) is 1.98. The van der Waals surface area contributed by atoms with Crippen molar-refractivity contribution in [1.82, 2.24) is 4.98 Å². The van der Waals surface area contributed by atoms with Gasteiger partial charge in [0.25, 0.3) is 5.69 Å². The van der Waals surface area contributed by atoms with E-state index in [1.165, 1.54) is 12.3 Å². The van der Waals surface area contributed by atoms with Crippen LogP contribution in [0.25, 0.3) is 0 Å². The van der Waals surface area contributed by atoms with Crippen LogP contribution in [-0.2, 0) is 4.74 Å². The highest BCUT2D eigenvalue weighted by Gasteiger charge is 2.23. The molecule has 1 fully saturated rings. The maximum atomic E-state index is 10.8. The van der Waals surface area contributed by atoms with E-state index in [4.69, 9.17) is 15.7 Å². The number of amidine groups is 1. The summed E-state index contributed by atoms with van der Waals surface area (Å²) in [5, 5.41) is 22.6. The number of nitrogens with two attached hydrogens (primary N) is 1. The van der Waals surface area contributed by atoms with Crippen LogP contribution >= 0.6 is 0 Å². The van der Waals surface area contributed by atoms with Gasteiger partial charge in [-0.05, 0) is 13.3 Å². The number of ether oxygens (including phenoxy) is 1. The number of hydrogen-bond acceptors (Lipinski definition) is 7. The number of anilines is 1. The fraction of sp³-hybridized carbons (Fsp3) is 0.500. The molecular weight excluding hydrogens is 278 g/mol. The summed E-state index contributed by atoms with van der Waals surface area (Å²) in [5.74, 6) is 0.243. The van der Waals surface area contributed by atoms with E-state index in [2.05, 4.69) is 10.1 Å². The molecule has 0 aliphatic carbocycles. The van der Waals surface area contributed by atoms with Crippen LogP contribution in [0.2, 0.25) is 0 Å². The van der Waals surface area contributed by atoms with Crippen molar-refractivity contribution in [2.45, 2.75) is 19.4 Å². The molecule has 0 aromatic carbocycles. The quantitative estimate of drug-likeness (QED) is 0.276. The van der Waals surface area contributed by atoms with Crippen LogP contribution in [0, 0.1) is 10.1 Å². The maximum absolute atomic E-state index is 10.8. The zero-order valence-electron chi connectivity index (χ0n) is 11.6. The summed E-state index contributed by atoms with van der Waals surface area (Å²) in [7, 11) is 0. The van der Waals surface area contributed by atoms with Crippen molar-refractivity contribution in [2.75, 3.05) is 24.6 Å². The fourth-order valence-electron chi connectivity index (χ4n) is 2.23. The molecule has 1 atom stereocenters. The smallest absolute Gasteiger partial charge is 0.288 e. The van der Waals surface area contributed by atoms with Crippen molar-refractivity contribution in [1.29, 1.82) is 0 Å². The number of nitrogens with zero attached hydrogens (tertiary/aromatic N) is 4. The topological polar surface area (TPSA) is 127 Å². The molecule has 0 spiro atoms. The number of hydrogen-bond donors (Lipinski definition) is 2. The Balaban J connectivity index is 2.43. The number of rotatable bonds is 3. The van der Waals surface area contributed by atoms with Gasteiger partial charge in [0.15, 0.2) is 5.84 Å². The summed E-state index contributed by atoms with van der Waals surface area (Å²) in [6.45, 7) is 3.84. The molecular formula is C12H17N5O4. The molecule has 0 bridgehead atoms. The molecule has 1 aromatic rings. The van der Waals surface area contributed by atoms with Gasteiger partial charge in [-0.3, -0.25) is 10.1 Å². The van der Waals surface area contributed by atoms with Crippen LogP contribution < -0.4 is 10.6 Å². The minimum atomic E-state index is -0.570. The standard InChI is InChI=1S/C12H17N5O4/c1-8-7-16(3-2-4-21-8)12-10(11(13)15-18)5-9(6-14-12)17(19)20/h5-6,8,18H,2-4,7H2,1H3,(H2,13,15). The number of nitro groups is 1. The predicted octanol–water partition coefficient (Wildman–Crippen LogP) is 0.699. The van der Waals surface area contributed by atoms with E-state index in [1.54, 1.807) is 0 Å². The zero-order chi connectivity index (χ0) is 15.4. The van der Waals surface area contributed by atoms with Crippen molar-refractivity contribution >= 4 is 17.3 Å². The first-order valence-corrected chi connectivity index (χ1v) is 6.51. The van der Waals surface area contributed by atoms with Gasteiger partial charge in [-0.15, -0.1) is 0 Å². The molecule has 0 amide bonds. The van der Waals surface area contributed by atoms with Gasteiger partial charge >= 0.3 is 0 Å². The van der Waals surface area contributed by atoms with Crippen LogP contribution in [-0.4, -0.2) is 46.8 Å².